The molecule has 1 amide bonds. The minimum Gasteiger partial charge on any atom is -0.348 e. The second kappa shape index (κ2) is 7.44. The van der Waals surface area contributed by atoms with Gasteiger partial charge in [-0.15, -0.1) is 11.3 Å². The van der Waals surface area contributed by atoms with Gasteiger partial charge in [-0.05, 0) is 30.9 Å². The summed E-state index contributed by atoms with van der Waals surface area (Å²) in [6.07, 6.45) is 0.292. The Labute approximate surface area is 165 Å². The summed E-state index contributed by atoms with van der Waals surface area (Å²) in [7, 11) is 0. The zero-order chi connectivity index (χ0) is 19.7. The minimum atomic E-state index is -0.366. The van der Waals surface area contributed by atoms with Crippen LogP contribution in [-0.2, 0) is 11.2 Å². The summed E-state index contributed by atoms with van der Waals surface area (Å²) in [6, 6.07) is 14.7. The number of aryl methyl sites for hydroxylation is 1. The van der Waals surface area contributed by atoms with E-state index in [2.05, 4.69) is 15.4 Å². The summed E-state index contributed by atoms with van der Waals surface area (Å²) in [4.78, 5) is 30.5. The molecule has 1 aromatic carbocycles. The second-order valence-electron chi connectivity index (χ2n) is 6.82. The summed E-state index contributed by atoms with van der Waals surface area (Å²) in [5.74, 6) is -0.103. The number of fused-ring (bicyclic) bond motifs is 1. The summed E-state index contributed by atoms with van der Waals surface area (Å²) in [5, 5.41) is 7.99. The first-order valence-corrected chi connectivity index (χ1v) is 9.89. The van der Waals surface area contributed by atoms with Gasteiger partial charge in [0, 0.05) is 12.1 Å². The molecule has 28 heavy (non-hydrogen) atoms. The Balaban J connectivity index is 1.54. The Morgan fingerprint density at radius 2 is 2.11 bits per heavy atom. The quantitative estimate of drug-likeness (QED) is 0.546. The van der Waals surface area contributed by atoms with Gasteiger partial charge in [0.25, 0.3) is 5.56 Å². The predicted molar refractivity (Wildman–Crippen MR) is 111 cm³/mol. The van der Waals surface area contributed by atoms with Crippen molar-refractivity contribution in [3.8, 4) is 10.6 Å². The topological polar surface area (TPSA) is 79.3 Å². The number of benzene rings is 1. The molecule has 4 rings (SSSR count). The minimum absolute atomic E-state index is 0.103. The molecule has 0 saturated heterocycles. The van der Waals surface area contributed by atoms with Crippen LogP contribution in [0.1, 0.15) is 29.8 Å². The number of nitrogens with zero attached hydrogens (tertiary/aromatic N) is 2. The molecule has 0 aliphatic carbocycles. The first-order valence-electron chi connectivity index (χ1n) is 9.01. The Bertz CT molecular complexity index is 1190. The van der Waals surface area contributed by atoms with E-state index in [1.165, 1.54) is 10.6 Å². The normalized spacial score (nSPS) is 12.2. The van der Waals surface area contributed by atoms with Crippen molar-refractivity contribution in [3.05, 3.63) is 81.1 Å². The molecule has 3 aromatic heterocycles. The van der Waals surface area contributed by atoms with Gasteiger partial charge in [-0.25, -0.2) is 9.50 Å². The average Bonchev–Trinajstić information content (AvgIpc) is 3.31. The lowest BCUT2D eigenvalue weighted by atomic mass is 10.1. The van der Waals surface area contributed by atoms with Crippen LogP contribution in [0.5, 0.6) is 0 Å². The number of hydrogen-bond acceptors (Lipinski definition) is 4. The fourth-order valence-electron chi connectivity index (χ4n) is 3.16. The number of carbonyl (C=O) groups excluding carboxylic acids is 1. The molecule has 3 heterocycles. The number of carbonyl (C=O) groups is 1. The molecule has 0 aliphatic rings. The summed E-state index contributed by atoms with van der Waals surface area (Å²) < 4.78 is 1.42. The van der Waals surface area contributed by atoms with Gasteiger partial charge in [0.1, 0.15) is 0 Å². The predicted octanol–water partition coefficient (Wildman–Crippen LogP) is 3.48. The van der Waals surface area contributed by atoms with Crippen LogP contribution in [0.4, 0.5) is 0 Å². The number of rotatable bonds is 5. The maximum absolute atomic E-state index is 12.5. The molecule has 4 aromatic rings. The van der Waals surface area contributed by atoms with Crippen LogP contribution < -0.4 is 10.9 Å². The molecule has 0 aliphatic heterocycles. The second-order valence-corrected chi connectivity index (χ2v) is 7.76. The third kappa shape index (κ3) is 3.75. The van der Waals surface area contributed by atoms with Gasteiger partial charge in [-0.3, -0.25) is 14.7 Å². The van der Waals surface area contributed by atoms with Crippen molar-refractivity contribution in [1.29, 1.82) is 0 Å². The third-order valence-corrected chi connectivity index (χ3v) is 5.43. The molecule has 7 heteroatoms. The highest BCUT2D eigenvalue weighted by molar-refractivity contribution is 7.13. The Morgan fingerprint density at radius 1 is 1.25 bits per heavy atom. The van der Waals surface area contributed by atoms with Crippen LogP contribution >= 0.6 is 11.3 Å². The lowest BCUT2D eigenvalue weighted by Gasteiger charge is -2.13. The van der Waals surface area contributed by atoms with Crippen molar-refractivity contribution in [1.82, 2.24) is 19.9 Å². The van der Waals surface area contributed by atoms with Crippen LogP contribution in [0.15, 0.2) is 58.7 Å². The van der Waals surface area contributed by atoms with E-state index in [-0.39, 0.29) is 17.5 Å². The standard InChI is InChI=1S/C21H20N4O2S/c1-13-5-3-6-15(9-13)10-20(26)22-14(2)16-12-21(27)25-19(23-16)11-17(24-25)18-7-4-8-28-18/h3-9,11-12,14,24H,10H2,1-2H3,(H,22,26)/t14-/m0/s1. The van der Waals surface area contributed by atoms with E-state index in [0.29, 0.717) is 17.8 Å². The summed E-state index contributed by atoms with van der Waals surface area (Å²) in [6.45, 7) is 3.83. The van der Waals surface area contributed by atoms with Crippen molar-refractivity contribution < 1.29 is 4.79 Å². The van der Waals surface area contributed by atoms with Crippen molar-refractivity contribution in [2.75, 3.05) is 0 Å². The number of aromatic amines is 1. The van der Waals surface area contributed by atoms with E-state index in [4.69, 9.17) is 0 Å². The zero-order valence-corrected chi connectivity index (χ0v) is 16.4. The Kier molecular flexibility index (Phi) is 4.83. The van der Waals surface area contributed by atoms with Gasteiger partial charge < -0.3 is 5.32 Å². The first-order chi connectivity index (χ1) is 13.5. The molecule has 0 saturated carbocycles. The first kappa shape index (κ1) is 18.2. The molecule has 0 radical (unpaired) electrons. The molecule has 1 atom stereocenters. The smallest absolute Gasteiger partial charge is 0.272 e. The number of aromatic nitrogens is 3. The largest absolute Gasteiger partial charge is 0.348 e. The van der Waals surface area contributed by atoms with Crippen molar-refractivity contribution in [2.45, 2.75) is 26.3 Å². The van der Waals surface area contributed by atoms with Crippen LogP contribution in [0.3, 0.4) is 0 Å². The van der Waals surface area contributed by atoms with E-state index in [9.17, 15) is 9.59 Å². The highest BCUT2D eigenvalue weighted by atomic mass is 32.1. The van der Waals surface area contributed by atoms with Crippen LogP contribution in [0.25, 0.3) is 16.2 Å². The van der Waals surface area contributed by atoms with Crippen molar-refractivity contribution in [3.63, 3.8) is 0 Å². The van der Waals surface area contributed by atoms with Crippen molar-refractivity contribution in [2.24, 2.45) is 0 Å². The average molecular weight is 392 g/mol. The number of H-pyrrole nitrogens is 1. The number of nitrogens with one attached hydrogen (secondary N) is 2. The molecule has 6 nitrogen and oxygen atoms in total. The highest BCUT2D eigenvalue weighted by Crippen LogP contribution is 2.23. The molecule has 0 unspecified atom stereocenters. The molecular weight excluding hydrogens is 372 g/mol. The number of hydrogen-bond donors (Lipinski definition) is 2. The fraction of sp³-hybridized carbons (Fsp3) is 0.190. The third-order valence-electron chi connectivity index (χ3n) is 4.53. The molecule has 0 bridgehead atoms. The molecular formula is C21H20N4O2S. The van der Waals surface area contributed by atoms with E-state index >= 15 is 0 Å². The summed E-state index contributed by atoms with van der Waals surface area (Å²) >= 11 is 1.59. The highest BCUT2D eigenvalue weighted by Gasteiger charge is 2.15. The summed E-state index contributed by atoms with van der Waals surface area (Å²) in [5.41, 5.74) is 3.78. The van der Waals surface area contributed by atoms with Crippen LogP contribution in [-0.4, -0.2) is 20.5 Å². The van der Waals surface area contributed by atoms with E-state index in [0.717, 1.165) is 21.7 Å². The maximum atomic E-state index is 12.5. The fourth-order valence-corrected chi connectivity index (χ4v) is 3.86. The zero-order valence-electron chi connectivity index (χ0n) is 15.6. The van der Waals surface area contributed by atoms with Gasteiger partial charge in [0.2, 0.25) is 5.91 Å². The van der Waals surface area contributed by atoms with Gasteiger partial charge in [0.15, 0.2) is 5.65 Å². The number of thiophene rings is 1. The van der Waals surface area contributed by atoms with Crippen LogP contribution in [0.2, 0.25) is 0 Å². The van der Waals surface area contributed by atoms with E-state index < -0.39 is 0 Å². The lowest BCUT2D eigenvalue weighted by molar-refractivity contribution is -0.121. The number of amides is 1. The SMILES string of the molecule is Cc1cccc(CC(=O)N[C@@H](C)c2cc(=O)n3[nH]c(-c4cccs4)cc3n2)c1. The van der Waals surface area contributed by atoms with Gasteiger partial charge in [0.05, 0.1) is 28.7 Å². The molecule has 0 spiro atoms. The van der Waals surface area contributed by atoms with Gasteiger partial charge in [-0.2, -0.15) is 0 Å². The molecule has 2 N–H and O–H groups in total. The molecule has 0 fully saturated rings. The van der Waals surface area contributed by atoms with Crippen LogP contribution in [0, 0.1) is 6.92 Å². The Morgan fingerprint density at radius 3 is 2.86 bits per heavy atom. The van der Waals surface area contributed by atoms with E-state index in [1.54, 1.807) is 11.3 Å². The van der Waals surface area contributed by atoms with Crippen molar-refractivity contribution >= 4 is 22.9 Å². The maximum Gasteiger partial charge on any atom is 0.272 e. The molecule has 142 valence electrons. The van der Waals surface area contributed by atoms with Gasteiger partial charge >= 0.3 is 0 Å². The van der Waals surface area contributed by atoms with E-state index in [1.807, 2.05) is 61.7 Å². The lowest BCUT2D eigenvalue weighted by Crippen LogP contribution is -2.30. The monoisotopic (exact) mass is 392 g/mol. The Hall–Kier alpha value is -3.19. The van der Waals surface area contributed by atoms with Gasteiger partial charge in [-0.1, -0.05) is 35.9 Å².